The summed E-state index contributed by atoms with van der Waals surface area (Å²) in [7, 11) is -2.07. The number of nitrogens with zero attached hydrogens (tertiary/aromatic N) is 3. The van der Waals surface area contributed by atoms with E-state index in [4.69, 9.17) is 16.3 Å². The number of piperidine rings is 1. The lowest BCUT2D eigenvalue weighted by Gasteiger charge is -2.41. The number of halogens is 1. The van der Waals surface area contributed by atoms with Gasteiger partial charge in [-0.1, -0.05) is 37.1 Å². The first-order chi connectivity index (χ1) is 16.7. The minimum atomic E-state index is -3.58. The summed E-state index contributed by atoms with van der Waals surface area (Å²) < 4.78 is 32.0. The van der Waals surface area contributed by atoms with Gasteiger partial charge in [0.15, 0.2) is 0 Å². The molecular formula is C25H38ClN3O5S. The molecule has 1 aliphatic heterocycles. The van der Waals surface area contributed by atoms with Gasteiger partial charge in [0, 0.05) is 50.3 Å². The zero-order valence-corrected chi connectivity index (χ0v) is 22.4. The van der Waals surface area contributed by atoms with Gasteiger partial charge in [-0.3, -0.25) is 9.59 Å². The summed E-state index contributed by atoms with van der Waals surface area (Å²) in [6.45, 7) is 3.48. The van der Waals surface area contributed by atoms with Gasteiger partial charge in [-0.05, 0) is 49.8 Å². The molecule has 1 aromatic rings. The number of ether oxygens (including phenoxy) is 1. The molecule has 1 aliphatic carbocycles. The molecule has 0 N–H and O–H groups in total. The van der Waals surface area contributed by atoms with Crippen LogP contribution in [0.25, 0.3) is 0 Å². The minimum absolute atomic E-state index is 0.0139. The number of amides is 2. The van der Waals surface area contributed by atoms with Crippen LogP contribution in [0.2, 0.25) is 5.02 Å². The van der Waals surface area contributed by atoms with Crippen LogP contribution in [0.5, 0.6) is 0 Å². The zero-order chi connectivity index (χ0) is 25.4. The molecule has 1 saturated heterocycles. The standard InChI is InChI=1S/C25H38ClN3O5S/c1-3-16-35(32,33)28(14-15-34-2)19-24(30)29(18-20-6-4-9-22(26)17-20)23-10-12-27(13-11-23)25(31)21-7-5-8-21/h4,6,9,17,21,23H,3,5,7-8,10-16,18-19H2,1-2H3. The first-order valence-electron chi connectivity index (χ1n) is 12.5. The number of sulfonamides is 1. The molecule has 0 spiro atoms. The Balaban J connectivity index is 1.75. The second-order valence-corrected chi connectivity index (χ2v) is 12.0. The molecule has 3 rings (SSSR count). The Labute approximate surface area is 214 Å². The predicted molar refractivity (Wildman–Crippen MR) is 136 cm³/mol. The number of carbonyl (C=O) groups excluding carboxylic acids is 2. The van der Waals surface area contributed by atoms with Crippen molar-refractivity contribution in [2.24, 2.45) is 5.92 Å². The van der Waals surface area contributed by atoms with E-state index in [1.54, 1.807) is 17.9 Å². The summed E-state index contributed by atoms with van der Waals surface area (Å²) in [5, 5.41) is 0.586. The Kier molecular flexibility index (Phi) is 10.4. The van der Waals surface area contributed by atoms with Gasteiger partial charge in [0.05, 0.1) is 18.9 Å². The summed E-state index contributed by atoms with van der Waals surface area (Å²) in [5.41, 5.74) is 0.888. The maximum atomic E-state index is 13.6. The number of benzene rings is 1. The van der Waals surface area contributed by atoms with Gasteiger partial charge < -0.3 is 14.5 Å². The van der Waals surface area contributed by atoms with Crippen molar-refractivity contribution >= 4 is 33.4 Å². The molecule has 0 radical (unpaired) electrons. The van der Waals surface area contributed by atoms with Crippen LogP contribution in [0.3, 0.4) is 0 Å². The van der Waals surface area contributed by atoms with Crippen molar-refractivity contribution in [1.29, 1.82) is 0 Å². The second-order valence-electron chi connectivity index (χ2n) is 9.48. The van der Waals surface area contributed by atoms with E-state index in [-0.39, 0.29) is 49.2 Å². The minimum Gasteiger partial charge on any atom is -0.383 e. The molecule has 1 heterocycles. The molecule has 196 valence electrons. The average Bonchev–Trinajstić information content (AvgIpc) is 2.79. The van der Waals surface area contributed by atoms with E-state index in [2.05, 4.69) is 0 Å². The third-order valence-corrected chi connectivity index (χ3v) is 9.20. The molecule has 2 amide bonds. The summed E-state index contributed by atoms with van der Waals surface area (Å²) in [6, 6.07) is 7.29. The van der Waals surface area contributed by atoms with Gasteiger partial charge in [0.1, 0.15) is 0 Å². The molecule has 1 saturated carbocycles. The van der Waals surface area contributed by atoms with E-state index < -0.39 is 10.0 Å². The van der Waals surface area contributed by atoms with Gasteiger partial charge in [0.25, 0.3) is 0 Å². The Morgan fingerprint density at radius 3 is 2.46 bits per heavy atom. The van der Waals surface area contributed by atoms with Crippen molar-refractivity contribution in [2.75, 3.05) is 45.6 Å². The van der Waals surface area contributed by atoms with Gasteiger partial charge in [-0.2, -0.15) is 4.31 Å². The number of methoxy groups -OCH3 is 1. The fourth-order valence-electron chi connectivity index (χ4n) is 4.70. The van der Waals surface area contributed by atoms with Crippen molar-refractivity contribution in [3.8, 4) is 0 Å². The molecule has 0 unspecified atom stereocenters. The number of likely N-dealkylation sites (tertiary alicyclic amines) is 1. The SMILES string of the molecule is CCCS(=O)(=O)N(CCOC)CC(=O)N(Cc1cccc(Cl)c1)C1CCN(C(=O)C2CCC2)CC1. The van der Waals surface area contributed by atoms with Gasteiger partial charge in [-0.25, -0.2) is 8.42 Å². The number of hydrogen-bond donors (Lipinski definition) is 0. The summed E-state index contributed by atoms with van der Waals surface area (Å²) >= 11 is 6.18. The molecule has 0 bridgehead atoms. The summed E-state index contributed by atoms with van der Waals surface area (Å²) in [5.74, 6) is 0.136. The van der Waals surface area contributed by atoms with E-state index >= 15 is 0 Å². The maximum absolute atomic E-state index is 13.6. The first-order valence-corrected chi connectivity index (χ1v) is 14.5. The van der Waals surface area contributed by atoms with E-state index in [1.807, 2.05) is 23.1 Å². The van der Waals surface area contributed by atoms with Crippen LogP contribution in [0.15, 0.2) is 24.3 Å². The van der Waals surface area contributed by atoms with Crippen LogP contribution in [0.4, 0.5) is 0 Å². The van der Waals surface area contributed by atoms with Crippen LogP contribution in [-0.4, -0.2) is 86.0 Å². The molecule has 8 nitrogen and oxygen atoms in total. The van der Waals surface area contributed by atoms with Crippen molar-refractivity contribution in [1.82, 2.24) is 14.1 Å². The summed E-state index contributed by atoms with van der Waals surface area (Å²) in [6.07, 6.45) is 4.88. The van der Waals surface area contributed by atoms with E-state index in [9.17, 15) is 18.0 Å². The average molecular weight is 528 g/mol. The van der Waals surface area contributed by atoms with E-state index in [0.717, 1.165) is 24.8 Å². The van der Waals surface area contributed by atoms with Crippen molar-refractivity contribution in [2.45, 2.75) is 58.0 Å². The third-order valence-electron chi connectivity index (χ3n) is 6.95. The molecule has 0 atom stereocenters. The van der Waals surface area contributed by atoms with E-state index in [1.165, 1.54) is 11.4 Å². The smallest absolute Gasteiger partial charge is 0.238 e. The number of carbonyl (C=O) groups is 2. The largest absolute Gasteiger partial charge is 0.383 e. The van der Waals surface area contributed by atoms with E-state index in [0.29, 0.717) is 43.9 Å². The first kappa shape index (κ1) is 27.9. The van der Waals surface area contributed by atoms with Crippen molar-refractivity contribution in [3.63, 3.8) is 0 Å². The molecule has 35 heavy (non-hydrogen) atoms. The van der Waals surface area contributed by atoms with Crippen LogP contribution >= 0.6 is 11.6 Å². The number of rotatable bonds is 12. The highest BCUT2D eigenvalue weighted by Crippen LogP contribution is 2.30. The second kappa shape index (κ2) is 13.0. The Morgan fingerprint density at radius 2 is 1.89 bits per heavy atom. The fourth-order valence-corrected chi connectivity index (χ4v) is 6.35. The molecule has 10 heteroatoms. The molecule has 0 aromatic heterocycles. The highest BCUT2D eigenvalue weighted by Gasteiger charge is 2.35. The lowest BCUT2D eigenvalue weighted by atomic mass is 9.84. The molecule has 2 aliphatic rings. The van der Waals surface area contributed by atoms with Crippen LogP contribution in [0, 0.1) is 5.92 Å². The Hall–Kier alpha value is -1.68. The monoisotopic (exact) mass is 527 g/mol. The molecular weight excluding hydrogens is 490 g/mol. The topological polar surface area (TPSA) is 87.2 Å². The zero-order valence-electron chi connectivity index (χ0n) is 20.8. The highest BCUT2D eigenvalue weighted by atomic mass is 35.5. The Morgan fingerprint density at radius 1 is 1.17 bits per heavy atom. The van der Waals surface area contributed by atoms with Crippen molar-refractivity contribution in [3.05, 3.63) is 34.9 Å². The normalized spacial score (nSPS) is 17.4. The van der Waals surface area contributed by atoms with Gasteiger partial charge in [-0.15, -0.1) is 0 Å². The van der Waals surface area contributed by atoms with Gasteiger partial charge >= 0.3 is 0 Å². The third kappa shape index (κ3) is 7.65. The highest BCUT2D eigenvalue weighted by molar-refractivity contribution is 7.89. The van der Waals surface area contributed by atoms with Crippen LogP contribution in [-0.2, 0) is 30.9 Å². The molecule has 1 aromatic carbocycles. The number of hydrogen-bond acceptors (Lipinski definition) is 5. The van der Waals surface area contributed by atoms with Crippen LogP contribution in [0.1, 0.15) is 51.0 Å². The quantitative estimate of drug-likeness (QED) is 0.417. The summed E-state index contributed by atoms with van der Waals surface area (Å²) in [4.78, 5) is 30.0. The fraction of sp³-hybridized carbons (Fsp3) is 0.680. The lowest BCUT2D eigenvalue weighted by Crippen LogP contribution is -2.52. The van der Waals surface area contributed by atoms with Gasteiger partial charge in [0.2, 0.25) is 21.8 Å². The maximum Gasteiger partial charge on any atom is 0.238 e. The Bertz CT molecular complexity index is 962. The molecule has 2 fully saturated rings. The van der Waals surface area contributed by atoms with Crippen molar-refractivity contribution < 1.29 is 22.7 Å². The predicted octanol–water partition coefficient (Wildman–Crippen LogP) is 3.15. The lowest BCUT2D eigenvalue weighted by molar-refractivity contribution is -0.141. The van der Waals surface area contributed by atoms with Crippen LogP contribution < -0.4 is 0 Å².